The van der Waals surface area contributed by atoms with Crippen LogP contribution in [-0.4, -0.2) is 29.3 Å². The lowest BCUT2D eigenvalue weighted by atomic mass is 10.1. The van der Waals surface area contributed by atoms with Crippen molar-refractivity contribution in [2.24, 2.45) is 10.9 Å². The van der Waals surface area contributed by atoms with E-state index >= 15 is 0 Å². The zero-order chi connectivity index (χ0) is 21.2. The molecule has 0 aliphatic carbocycles. The summed E-state index contributed by atoms with van der Waals surface area (Å²) in [6, 6.07) is 3.95. The van der Waals surface area contributed by atoms with Crippen molar-refractivity contribution < 1.29 is 9.26 Å². The zero-order valence-corrected chi connectivity index (χ0v) is 18.6. The number of nitrogens with one attached hydrogen (secondary N) is 2. The van der Waals surface area contributed by atoms with E-state index in [1.807, 2.05) is 12.1 Å². The van der Waals surface area contributed by atoms with Gasteiger partial charge in [0.15, 0.2) is 5.96 Å². The predicted molar refractivity (Wildman–Crippen MR) is 116 cm³/mol. The standard InChI is InChI=1S/C22H35N5O2/c1-7-19-18(20(8-2)29-27-19)14-26-22(23-6)25-13-17-9-10-24-21(12-17)28-16(5)11-15(3)4/h9-10,12,15-16H,7-8,11,13-14H2,1-6H3,(H2,23,25,26). The van der Waals surface area contributed by atoms with E-state index in [9.17, 15) is 0 Å². The number of hydrogen-bond acceptors (Lipinski definition) is 5. The molecule has 2 heterocycles. The summed E-state index contributed by atoms with van der Waals surface area (Å²) in [6.45, 7) is 11.9. The molecule has 2 aromatic heterocycles. The van der Waals surface area contributed by atoms with Gasteiger partial charge in [0.2, 0.25) is 5.88 Å². The normalized spacial score (nSPS) is 12.9. The van der Waals surface area contributed by atoms with Gasteiger partial charge in [-0.1, -0.05) is 32.9 Å². The van der Waals surface area contributed by atoms with Gasteiger partial charge in [-0.15, -0.1) is 0 Å². The van der Waals surface area contributed by atoms with Crippen molar-refractivity contribution in [1.82, 2.24) is 20.8 Å². The highest BCUT2D eigenvalue weighted by molar-refractivity contribution is 5.79. The van der Waals surface area contributed by atoms with Crippen molar-refractivity contribution in [3.63, 3.8) is 0 Å². The minimum Gasteiger partial charge on any atom is -0.475 e. The summed E-state index contributed by atoms with van der Waals surface area (Å²) in [7, 11) is 1.76. The van der Waals surface area contributed by atoms with Gasteiger partial charge >= 0.3 is 0 Å². The van der Waals surface area contributed by atoms with Gasteiger partial charge in [-0.05, 0) is 37.3 Å². The highest BCUT2D eigenvalue weighted by Crippen LogP contribution is 2.16. The van der Waals surface area contributed by atoms with Crippen LogP contribution in [0.3, 0.4) is 0 Å². The molecule has 0 amide bonds. The van der Waals surface area contributed by atoms with Crippen molar-refractivity contribution >= 4 is 5.96 Å². The van der Waals surface area contributed by atoms with E-state index in [2.05, 4.69) is 60.4 Å². The maximum Gasteiger partial charge on any atom is 0.213 e. The molecule has 1 atom stereocenters. The number of aromatic nitrogens is 2. The number of aliphatic imine (C=N–C) groups is 1. The van der Waals surface area contributed by atoms with Crippen LogP contribution in [0.1, 0.15) is 63.6 Å². The van der Waals surface area contributed by atoms with Crippen LogP contribution >= 0.6 is 0 Å². The molecule has 0 radical (unpaired) electrons. The summed E-state index contributed by atoms with van der Waals surface area (Å²) in [6.07, 6.45) is 4.60. The maximum absolute atomic E-state index is 5.94. The summed E-state index contributed by atoms with van der Waals surface area (Å²) in [4.78, 5) is 8.64. The van der Waals surface area contributed by atoms with Gasteiger partial charge in [0.1, 0.15) is 5.76 Å². The van der Waals surface area contributed by atoms with E-state index in [1.165, 1.54) is 0 Å². The third-order valence-corrected chi connectivity index (χ3v) is 4.65. The van der Waals surface area contributed by atoms with E-state index in [0.717, 1.165) is 47.8 Å². The van der Waals surface area contributed by atoms with Crippen LogP contribution in [0.25, 0.3) is 0 Å². The van der Waals surface area contributed by atoms with E-state index in [4.69, 9.17) is 9.26 Å². The average Bonchev–Trinajstić information content (AvgIpc) is 3.09. The minimum absolute atomic E-state index is 0.143. The number of nitrogens with zero attached hydrogens (tertiary/aromatic N) is 3. The Morgan fingerprint density at radius 2 is 1.93 bits per heavy atom. The van der Waals surface area contributed by atoms with Gasteiger partial charge in [-0.2, -0.15) is 0 Å². The smallest absolute Gasteiger partial charge is 0.213 e. The molecule has 2 N–H and O–H groups in total. The van der Waals surface area contributed by atoms with E-state index in [-0.39, 0.29) is 6.10 Å². The van der Waals surface area contributed by atoms with Crippen LogP contribution in [0, 0.1) is 5.92 Å². The Balaban J connectivity index is 1.91. The first-order valence-corrected chi connectivity index (χ1v) is 10.5. The number of rotatable bonds is 10. The molecule has 0 saturated carbocycles. The van der Waals surface area contributed by atoms with Crippen molar-refractivity contribution in [2.75, 3.05) is 7.05 Å². The Bertz CT molecular complexity index is 764. The summed E-state index contributed by atoms with van der Waals surface area (Å²) in [5.74, 6) is 2.90. The summed E-state index contributed by atoms with van der Waals surface area (Å²) in [5.41, 5.74) is 3.20. The number of aryl methyl sites for hydroxylation is 2. The fourth-order valence-electron chi connectivity index (χ4n) is 3.26. The molecule has 0 spiro atoms. The topological polar surface area (TPSA) is 84.6 Å². The van der Waals surface area contributed by atoms with Crippen molar-refractivity contribution in [3.05, 3.63) is 40.9 Å². The molecule has 29 heavy (non-hydrogen) atoms. The monoisotopic (exact) mass is 401 g/mol. The van der Waals surface area contributed by atoms with Gasteiger partial charge in [-0.3, -0.25) is 4.99 Å². The Kier molecular flexibility index (Phi) is 8.96. The van der Waals surface area contributed by atoms with Crippen LogP contribution < -0.4 is 15.4 Å². The molecule has 0 bridgehead atoms. The molecule has 7 nitrogen and oxygen atoms in total. The molecule has 160 valence electrons. The first-order chi connectivity index (χ1) is 14.0. The maximum atomic E-state index is 5.94. The molecule has 2 rings (SSSR count). The zero-order valence-electron chi connectivity index (χ0n) is 18.6. The third kappa shape index (κ3) is 7.07. The molecule has 0 aliphatic rings. The fraction of sp³-hybridized carbons (Fsp3) is 0.591. The van der Waals surface area contributed by atoms with Crippen molar-refractivity contribution in [1.29, 1.82) is 0 Å². The number of pyridine rings is 1. The van der Waals surface area contributed by atoms with E-state index in [1.54, 1.807) is 13.2 Å². The molecule has 0 saturated heterocycles. The van der Waals surface area contributed by atoms with Crippen molar-refractivity contribution in [2.45, 2.75) is 73.1 Å². The largest absolute Gasteiger partial charge is 0.475 e. The average molecular weight is 402 g/mol. The fourth-order valence-corrected chi connectivity index (χ4v) is 3.26. The Hall–Kier alpha value is -2.57. The van der Waals surface area contributed by atoms with Crippen molar-refractivity contribution in [3.8, 4) is 5.88 Å². The molecule has 0 aromatic carbocycles. The van der Waals surface area contributed by atoms with Gasteiger partial charge < -0.3 is 19.9 Å². The molecule has 1 unspecified atom stereocenters. The molecular weight excluding hydrogens is 366 g/mol. The van der Waals surface area contributed by atoms with Crippen LogP contribution in [0.4, 0.5) is 0 Å². The number of ether oxygens (including phenoxy) is 1. The number of hydrogen-bond donors (Lipinski definition) is 2. The first kappa shape index (κ1) is 22.7. The summed E-state index contributed by atoms with van der Waals surface area (Å²) < 4.78 is 11.4. The van der Waals surface area contributed by atoms with Crippen LogP contribution in [-0.2, 0) is 25.9 Å². The number of guanidine groups is 1. The second-order valence-electron chi connectivity index (χ2n) is 7.58. The molecule has 0 aliphatic heterocycles. The minimum atomic E-state index is 0.143. The van der Waals surface area contributed by atoms with Crippen LogP contribution in [0.15, 0.2) is 27.8 Å². The first-order valence-electron chi connectivity index (χ1n) is 10.5. The van der Waals surface area contributed by atoms with E-state index < -0.39 is 0 Å². The lowest BCUT2D eigenvalue weighted by Crippen LogP contribution is -2.36. The van der Waals surface area contributed by atoms with Crippen LogP contribution in [0.5, 0.6) is 5.88 Å². The lowest BCUT2D eigenvalue weighted by molar-refractivity contribution is 0.185. The SMILES string of the molecule is CCc1noc(CC)c1CNC(=NC)NCc1ccnc(OC(C)CC(C)C)c1. The lowest BCUT2D eigenvalue weighted by Gasteiger charge is -2.16. The molecule has 0 fully saturated rings. The summed E-state index contributed by atoms with van der Waals surface area (Å²) in [5, 5.41) is 10.9. The van der Waals surface area contributed by atoms with Gasteiger partial charge in [0, 0.05) is 44.4 Å². The third-order valence-electron chi connectivity index (χ3n) is 4.65. The van der Waals surface area contributed by atoms with Crippen LogP contribution in [0.2, 0.25) is 0 Å². The quantitative estimate of drug-likeness (QED) is 0.464. The molecule has 2 aromatic rings. The Morgan fingerprint density at radius 1 is 1.17 bits per heavy atom. The highest BCUT2D eigenvalue weighted by atomic mass is 16.5. The second kappa shape index (κ2) is 11.4. The predicted octanol–water partition coefficient (Wildman–Crippen LogP) is 3.87. The Labute approximate surface area is 174 Å². The van der Waals surface area contributed by atoms with Gasteiger partial charge in [-0.25, -0.2) is 4.98 Å². The van der Waals surface area contributed by atoms with Gasteiger partial charge in [0.25, 0.3) is 0 Å². The molecule has 7 heteroatoms. The summed E-state index contributed by atoms with van der Waals surface area (Å²) >= 11 is 0. The highest BCUT2D eigenvalue weighted by Gasteiger charge is 2.14. The van der Waals surface area contributed by atoms with E-state index in [0.29, 0.717) is 24.9 Å². The van der Waals surface area contributed by atoms with Gasteiger partial charge in [0.05, 0.1) is 11.8 Å². The second-order valence-corrected chi connectivity index (χ2v) is 7.58. The Morgan fingerprint density at radius 3 is 2.59 bits per heavy atom. The molecular formula is C22H35N5O2.